The van der Waals surface area contributed by atoms with Crippen molar-refractivity contribution in [3.05, 3.63) is 6.33 Å². The van der Waals surface area contributed by atoms with Gasteiger partial charge in [-0.05, 0) is 6.54 Å². The molecule has 0 unspecified atom stereocenters. The molecule has 0 amide bonds. The number of likely N-dealkylation sites (N-methyl/N-ethyl adjacent to an activating group) is 1. The lowest BCUT2D eigenvalue weighted by Gasteiger charge is -2.35. The van der Waals surface area contributed by atoms with Crippen LogP contribution in [0.25, 0.3) is 0 Å². The fourth-order valence-corrected chi connectivity index (χ4v) is 2.53. The number of nitriles is 2. The van der Waals surface area contributed by atoms with Crippen molar-refractivity contribution in [1.29, 1.82) is 10.5 Å². The molecule has 0 aliphatic carbocycles. The first-order chi connectivity index (χ1) is 10.7. The van der Waals surface area contributed by atoms with Crippen LogP contribution in [0.4, 0.5) is 17.3 Å². The van der Waals surface area contributed by atoms with Crippen LogP contribution < -0.4 is 15.5 Å². The molecule has 1 aromatic heterocycles. The molecule has 8 heteroatoms. The Morgan fingerprint density at radius 3 is 2.36 bits per heavy atom. The zero-order chi connectivity index (χ0) is 15.9. The van der Waals surface area contributed by atoms with Crippen molar-refractivity contribution in [3.8, 4) is 12.1 Å². The van der Waals surface area contributed by atoms with Crippen molar-refractivity contribution in [2.24, 2.45) is 0 Å². The highest BCUT2D eigenvalue weighted by molar-refractivity contribution is 5.76. The minimum absolute atomic E-state index is 0.0673. The van der Waals surface area contributed by atoms with Crippen molar-refractivity contribution in [2.45, 2.75) is 6.92 Å². The summed E-state index contributed by atoms with van der Waals surface area (Å²) >= 11 is 0. The Balaban J connectivity index is 2.22. The average Bonchev–Trinajstić information content (AvgIpc) is 2.55. The molecule has 1 saturated heterocycles. The molecule has 2 N–H and O–H groups in total. The first kappa shape index (κ1) is 15.8. The van der Waals surface area contributed by atoms with E-state index in [0.717, 1.165) is 32.7 Å². The first-order valence-corrected chi connectivity index (χ1v) is 7.27. The zero-order valence-corrected chi connectivity index (χ0v) is 12.7. The fourth-order valence-electron chi connectivity index (χ4n) is 2.53. The highest BCUT2D eigenvalue weighted by atomic mass is 15.3. The van der Waals surface area contributed by atoms with Crippen molar-refractivity contribution in [2.75, 3.05) is 61.3 Å². The minimum atomic E-state index is 0.0673. The molecule has 0 saturated carbocycles. The monoisotopic (exact) mass is 300 g/mol. The maximum Gasteiger partial charge on any atom is 0.159 e. The summed E-state index contributed by atoms with van der Waals surface area (Å²) in [6.07, 6.45) is 1.44. The molecule has 1 aliphatic heterocycles. The number of aromatic nitrogens is 2. The van der Waals surface area contributed by atoms with Gasteiger partial charge in [-0.25, -0.2) is 9.97 Å². The molecular formula is C14H20N8. The molecule has 0 atom stereocenters. The van der Waals surface area contributed by atoms with Gasteiger partial charge in [-0.2, -0.15) is 10.5 Å². The summed E-state index contributed by atoms with van der Waals surface area (Å²) in [7, 11) is 0. The van der Waals surface area contributed by atoms with Crippen LogP contribution in [0.2, 0.25) is 0 Å². The number of anilines is 3. The van der Waals surface area contributed by atoms with E-state index >= 15 is 0 Å². The van der Waals surface area contributed by atoms with E-state index in [2.05, 4.69) is 26.7 Å². The van der Waals surface area contributed by atoms with Gasteiger partial charge in [-0.15, -0.1) is 0 Å². The molecule has 0 radical (unpaired) electrons. The van der Waals surface area contributed by atoms with Crippen molar-refractivity contribution < 1.29 is 0 Å². The number of hydrogen-bond acceptors (Lipinski definition) is 8. The second-order valence-electron chi connectivity index (χ2n) is 5.03. The third kappa shape index (κ3) is 3.35. The molecule has 2 heterocycles. The molecule has 0 spiro atoms. The van der Waals surface area contributed by atoms with Crippen LogP contribution in [0.5, 0.6) is 0 Å². The van der Waals surface area contributed by atoms with Crippen LogP contribution in [-0.4, -0.2) is 60.7 Å². The SMILES string of the molecule is CCN1CCN(c2ncnc(N(CC#N)CC#N)c2N)CC1. The third-order valence-electron chi connectivity index (χ3n) is 3.78. The van der Waals surface area contributed by atoms with Gasteiger partial charge < -0.3 is 20.4 Å². The Morgan fingerprint density at radius 1 is 1.18 bits per heavy atom. The molecule has 1 fully saturated rings. The van der Waals surface area contributed by atoms with E-state index in [1.165, 1.54) is 6.33 Å². The molecule has 2 rings (SSSR count). The minimum Gasteiger partial charge on any atom is -0.393 e. The van der Waals surface area contributed by atoms with Crippen LogP contribution in [0, 0.1) is 22.7 Å². The van der Waals surface area contributed by atoms with E-state index in [4.69, 9.17) is 16.3 Å². The van der Waals surface area contributed by atoms with Gasteiger partial charge >= 0.3 is 0 Å². The first-order valence-electron chi connectivity index (χ1n) is 7.27. The van der Waals surface area contributed by atoms with Crippen molar-refractivity contribution in [1.82, 2.24) is 14.9 Å². The lowest BCUT2D eigenvalue weighted by atomic mass is 10.3. The van der Waals surface area contributed by atoms with Gasteiger partial charge in [0.25, 0.3) is 0 Å². The van der Waals surface area contributed by atoms with E-state index in [0.29, 0.717) is 17.3 Å². The van der Waals surface area contributed by atoms with Gasteiger partial charge in [0.1, 0.15) is 25.1 Å². The van der Waals surface area contributed by atoms with Gasteiger partial charge in [0, 0.05) is 26.2 Å². The van der Waals surface area contributed by atoms with E-state index < -0.39 is 0 Å². The maximum atomic E-state index is 8.89. The molecule has 0 aromatic carbocycles. The maximum absolute atomic E-state index is 8.89. The zero-order valence-electron chi connectivity index (χ0n) is 12.7. The number of rotatable bonds is 5. The molecule has 1 aliphatic rings. The van der Waals surface area contributed by atoms with Gasteiger partial charge in [-0.3, -0.25) is 0 Å². The molecule has 0 bridgehead atoms. The average molecular weight is 300 g/mol. The van der Waals surface area contributed by atoms with Gasteiger partial charge in [0.2, 0.25) is 0 Å². The predicted octanol–water partition coefficient (Wildman–Crippen LogP) is 0.0543. The third-order valence-corrected chi connectivity index (χ3v) is 3.78. The molecule has 116 valence electrons. The lowest BCUT2D eigenvalue weighted by Crippen LogP contribution is -2.46. The summed E-state index contributed by atoms with van der Waals surface area (Å²) < 4.78 is 0. The second kappa shape index (κ2) is 7.43. The molecule has 22 heavy (non-hydrogen) atoms. The Bertz CT molecular complexity index is 563. The van der Waals surface area contributed by atoms with Gasteiger partial charge in [-0.1, -0.05) is 6.92 Å². The Labute approximate surface area is 130 Å². The predicted molar refractivity (Wildman–Crippen MR) is 84.2 cm³/mol. The van der Waals surface area contributed by atoms with E-state index in [1.807, 2.05) is 12.1 Å². The quantitative estimate of drug-likeness (QED) is 0.760. The number of nitrogens with zero attached hydrogens (tertiary/aromatic N) is 7. The standard InChI is InChI=1S/C14H20N8/c1-2-20-7-9-22(10-8-20)14-12(17)13(18-11-19-14)21(5-3-15)6-4-16/h11H,2,5-10,17H2,1H3. The summed E-state index contributed by atoms with van der Waals surface area (Å²) in [6.45, 7) is 6.96. The smallest absolute Gasteiger partial charge is 0.159 e. The Morgan fingerprint density at radius 2 is 1.82 bits per heavy atom. The Kier molecular flexibility index (Phi) is 5.34. The highest BCUT2D eigenvalue weighted by Gasteiger charge is 2.22. The number of nitrogens with two attached hydrogens (primary N) is 1. The fraction of sp³-hybridized carbons (Fsp3) is 0.571. The lowest BCUT2D eigenvalue weighted by molar-refractivity contribution is 0.270. The van der Waals surface area contributed by atoms with E-state index in [9.17, 15) is 0 Å². The van der Waals surface area contributed by atoms with E-state index in [-0.39, 0.29) is 13.1 Å². The normalized spacial score (nSPS) is 15.1. The summed E-state index contributed by atoms with van der Waals surface area (Å²) in [5, 5.41) is 17.8. The van der Waals surface area contributed by atoms with Crippen LogP contribution in [0.1, 0.15) is 6.92 Å². The molecular weight excluding hydrogens is 280 g/mol. The molecule has 1 aromatic rings. The van der Waals surface area contributed by atoms with Gasteiger partial charge in [0.05, 0.1) is 12.1 Å². The van der Waals surface area contributed by atoms with Crippen molar-refractivity contribution in [3.63, 3.8) is 0 Å². The van der Waals surface area contributed by atoms with Crippen LogP contribution >= 0.6 is 0 Å². The summed E-state index contributed by atoms with van der Waals surface area (Å²) in [5.74, 6) is 1.13. The second-order valence-corrected chi connectivity index (χ2v) is 5.03. The summed E-state index contributed by atoms with van der Waals surface area (Å²) in [6, 6.07) is 4.06. The van der Waals surface area contributed by atoms with Crippen molar-refractivity contribution >= 4 is 17.3 Å². The van der Waals surface area contributed by atoms with Crippen LogP contribution in [0.3, 0.4) is 0 Å². The van der Waals surface area contributed by atoms with Crippen LogP contribution in [0.15, 0.2) is 6.33 Å². The summed E-state index contributed by atoms with van der Waals surface area (Å²) in [5.41, 5.74) is 6.63. The number of piperazine rings is 1. The van der Waals surface area contributed by atoms with Crippen LogP contribution in [-0.2, 0) is 0 Å². The number of hydrogen-bond donors (Lipinski definition) is 1. The van der Waals surface area contributed by atoms with Gasteiger partial charge in [0.15, 0.2) is 11.6 Å². The largest absolute Gasteiger partial charge is 0.393 e. The van der Waals surface area contributed by atoms with E-state index in [1.54, 1.807) is 4.90 Å². The highest BCUT2D eigenvalue weighted by Crippen LogP contribution is 2.29. The Hall–Kier alpha value is -2.58. The molecule has 8 nitrogen and oxygen atoms in total. The summed E-state index contributed by atoms with van der Waals surface area (Å²) in [4.78, 5) is 14.5. The number of nitrogen functional groups attached to an aromatic ring is 1. The topological polar surface area (TPSA) is 109 Å².